The van der Waals surface area contributed by atoms with Crippen LogP contribution in [0, 0.1) is 17.8 Å². The summed E-state index contributed by atoms with van der Waals surface area (Å²) in [6.45, 7) is 17.8. The van der Waals surface area contributed by atoms with Crippen LogP contribution >= 0.6 is 0 Å². The number of rotatable bonds is 5. The monoisotopic (exact) mass is 583 g/mol. The molecule has 0 radical (unpaired) electrons. The van der Waals surface area contributed by atoms with Crippen molar-refractivity contribution >= 4 is 29.7 Å². The highest BCUT2D eigenvalue weighted by molar-refractivity contribution is 5.91. The molecule has 0 aromatic heterocycles. The molecule has 1 fully saturated rings. The average Bonchev–Trinajstić information content (AvgIpc) is 2.87. The van der Waals surface area contributed by atoms with Crippen molar-refractivity contribution in [1.82, 2.24) is 14.7 Å². The molecular weight excluding hydrogens is 530 g/mol. The molecule has 1 heterocycles. The number of nitrogens with zero attached hydrogens (tertiary/aromatic N) is 3. The summed E-state index contributed by atoms with van der Waals surface area (Å²) in [6.07, 6.45) is -2.27. The highest BCUT2D eigenvalue weighted by Gasteiger charge is 2.42. The van der Waals surface area contributed by atoms with Crippen molar-refractivity contribution in [1.29, 1.82) is 0 Å². The van der Waals surface area contributed by atoms with Gasteiger partial charge in [-0.05, 0) is 51.5 Å². The van der Waals surface area contributed by atoms with Gasteiger partial charge >= 0.3 is 17.9 Å². The number of likely N-dealkylation sites (N-methyl/N-ethyl adjacent to an activating group) is 3. The van der Waals surface area contributed by atoms with Gasteiger partial charge in [0.2, 0.25) is 0 Å². The molecule has 11 nitrogen and oxygen atoms in total. The Bertz CT molecular complexity index is 937. The molecule has 0 spiro atoms. The normalized spacial score (nSPS) is 30.8. The van der Waals surface area contributed by atoms with E-state index in [9.17, 15) is 24.0 Å². The fourth-order valence-electron chi connectivity index (χ4n) is 5.52. The van der Waals surface area contributed by atoms with Crippen LogP contribution in [0.3, 0.4) is 0 Å². The Kier molecular flexibility index (Phi) is 13.7. The zero-order valence-electron chi connectivity index (χ0n) is 27.3. The third kappa shape index (κ3) is 8.66. The van der Waals surface area contributed by atoms with Gasteiger partial charge in [0, 0.05) is 20.1 Å². The lowest BCUT2D eigenvalue weighted by atomic mass is 9.98. The minimum absolute atomic E-state index is 0.189. The van der Waals surface area contributed by atoms with Gasteiger partial charge < -0.3 is 24.0 Å². The van der Waals surface area contributed by atoms with Crippen molar-refractivity contribution in [2.75, 3.05) is 21.1 Å². The molecule has 2 amide bonds. The molecule has 0 aromatic carbocycles. The van der Waals surface area contributed by atoms with Gasteiger partial charge in [0.05, 0.1) is 0 Å². The average molecular weight is 584 g/mol. The van der Waals surface area contributed by atoms with E-state index in [2.05, 4.69) is 0 Å². The van der Waals surface area contributed by atoms with Gasteiger partial charge in [-0.25, -0.2) is 9.59 Å². The molecule has 0 aromatic rings. The van der Waals surface area contributed by atoms with E-state index >= 15 is 0 Å². The summed E-state index contributed by atoms with van der Waals surface area (Å²) in [4.78, 5) is 71.6. The Labute approximate surface area is 246 Å². The topological polar surface area (TPSA) is 123 Å². The maximum absolute atomic E-state index is 13.6. The van der Waals surface area contributed by atoms with Crippen molar-refractivity contribution in [3.8, 4) is 0 Å². The van der Waals surface area contributed by atoms with E-state index in [-0.39, 0.29) is 30.2 Å². The van der Waals surface area contributed by atoms with E-state index in [1.807, 2.05) is 32.6 Å². The number of cyclic esters (lactones) is 3. The smallest absolute Gasteiger partial charge is 0.329 e. The van der Waals surface area contributed by atoms with Crippen LogP contribution in [-0.2, 0) is 38.2 Å². The van der Waals surface area contributed by atoms with Crippen LogP contribution in [0.25, 0.3) is 0 Å². The Morgan fingerprint density at radius 1 is 0.610 bits per heavy atom. The molecule has 7 unspecified atom stereocenters. The van der Waals surface area contributed by atoms with E-state index in [0.717, 1.165) is 0 Å². The molecule has 11 heteroatoms. The molecule has 1 saturated heterocycles. The highest BCUT2D eigenvalue weighted by atomic mass is 16.6. The zero-order valence-corrected chi connectivity index (χ0v) is 27.3. The number of carbonyl (C=O) groups excluding carboxylic acids is 5. The van der Waals surface area contributed by atoms with E-state index in [4.69, 9.17) is 14.2 Å². The lowest BCUT2D eigenvalue weighted by molar-refractivity contribution is -0.176. The van der Waals surface area contributed by atoms with Crippen LogP contribution in [0.15, 0.2) is 0 Å². The minimum atomic E-state index is -1.22. The second kappa shape index (κ2) is 15.5. The lowest BCUT2D eigenvalue weighted by Gasteiger charge is -2.39. The summed E-state index contributed by atoms with van der Waals surface area (Å²) >= 11 is 0. The van der Waals surface area contributed by atoms with Crippen LogP contribution in [0.1, 0.15) is 82.1 Å². The third-order valence-electron chi connectivity index (χ3n) is 7.98. The summed E-state index contributed by atoms with van der Waals surface area (Å²) in [7, 11) is 4.72. The van der Waals surface area contributed by atoms with Crippen LogP contribution in [0.4, 0.5) is 0 Å². The first kappa shape index (κ1) is 36.3. The van der Waals surface area contributed by atoms with Crippen LogP contribution in [-0.4, -0.2) is 108 Å². The second-order valence-corrected chi connectivity index (χ2v) is 12.2. The predicted molar refractivity (Wildman–Crippen MR) is 155 cm³/mol. The molecule has 0 saturated carbocycles. The Hall–Kier alpha value is -2.69. The van der Waals surface area contributed by atoms with Gasteiger partial charge in [-0.2, -0.15) is 0 Å². The van der Waals surface area contributed by atoms with Crippen molar-refractivity contribution in [3.05, 3.63) is 0 Å². The molecule has 0 bridgehead atoms. The molecule has 0 aliphatic carbocycles. The lowest BCUT2D eigenvalue weighted by Crippen LogP contribution is -2.56. The zero-order chi connectivity index (χ0) is 31.9. The molecule has 41 heavy (non-hydrogen) atoms. The number of hydrogen-bond donors (Lipinski definition) is 0. The molecule has 0 N–H and O–H groups in total. The van der Waals surface area contributed by atoms with Crippen LogP contribution in [0.5, 0.6) is 0 Å². The maximum atomic E-state index is 13.6. The van der Waals surface area contributed by atoms with E-state index in [1.165, 1.54) is 30.8 Å². The number of carbonyl (C=O) groups is 5. The fourth-order valence-corrected chi connectivity index (χ4v) is 5.52. The number of amides is 2. The van der Waals surface area contributed by atoms with Gasteiger partial charge in [0.15, 0.2) is 12.2 Å². The molecule has 1 aliphatic rings. The van der Waals surface area contributed by atoms with Gasteiger partial charge in [-0.15, -0.1) is 0 Å². The van der Waals surface area contributed by atoms with E-state index in [0.29, 0.717) is 6.42 Å². The second-order valence-electron chi connectivity index (χ2n) is 12.2. The van der Waals surface area contributed by atoms with Gasteiger partial charge in [-0.1, -0.05) is 55.4 Å². The Balaban J connectivity index is 3.70. The van der Waals surface area contributed by atoms with Crippen molar-refractivity contribution in [3.63, 3.8) is 0 Å². The summed E-state index contributed by atoms with van der Waals surface area (Å²) < 4.78 is 17.3. The maximum Gasteiger partial charge on any atom is 0.329 e. The first-order valence-corrected chi connectivity index (χ1v) is 14.8. The quantitative estimate of drug-likeness (QED) is 0.355. The largest absolute Gasteiger partial charge is 0.459 e. The Morgan fingerprint density at radius 3 is 1.44 bits per heavy atom. The van der Waals surface area contributed by atoms with Crippen molar-refractivity contribution in [2.24, 2.45) is 17.8 Å². The summed E-state index contributed by atoms with van der Waals surface area (Å²) in [5.74, 6) is -3.88. The standard InChI is InChI=1S/C30H53N3O8/c1-14-21-19(9)31(11)23(16(3)4)29(37)41-22(15-2)27(35)33(13)24(17(5)6)28(36)39-20(10)26(34)32(12)25(18(7)8)30(38)40-21/h16-25H,14-15H2,1-13H3. The van der Waals surface area contributed by atoms with E-state index in [1.54, 1.807) is 41.7 Å². The number of esters is 3. The van der Waals surface area contributed by atoms with Crippen molar-refractivity contribution < 1.29 is 38.2 Å². The summed E-state index contributed by atoms with van der Waals surface area (Å²) in [6, 6.07) is -3.09. The first-order chi connectivity index (χ1) is 18.9. The fraction of sp³-hybridized carbons (Fsp3) is 0.833. The highest BCUT2D eigenvalue weighted by Crippen LogP contribution is 2.24. The molecule has 1 rings (SSSR count). The van der Waals surface area contributed by atoms with Crippen LogP contribution in [0.2, 0.25) is 0 Å². The van der Waals surface area contributed by atoms with E-state index < -0.39 is 66.2 Å². The van der Waals surface area contributed by atoms with Gasteiger partial charge in [0.1, 0.15) is 24.2 Å². The minimum Gasteiger partial charge on any atom is -0.459 e. The van der Waals surface area contributed by atoms with Crippen molar-refractivity contribution in [2.45, 2.75) is 125 Å². The van der Waals surface area contributed by atoms with Gasteiger partial charge in [0.25, 0.3) is 11.8 Å². The molecule has 1 aliphatic heterocycles. The first-order valence-electron chi connectivity index (χ1n) is 14.8. The SMILES string of the molecule is CCC1OC(=O)C(C(C)C)N(C)C(C)C(CC)OC(=O)C(C(C)C)N(C)C(=O)C(C)OC(=O)C(C(C)C)N(C)C1=O. The number of ether oxygens (including phenoxy) is 3. The van der Waals surface area contributed by atoms with Crippen LogP contribution < -0.4 is 0 Å². The molecule has 7 atom stereocenters. The Morgan fingerprint density at radius 2 is 1.02 bits per heavy atom. The predicted octanol–water partition coefficient (Wildman–Crippen LogP) is 2.89. The summed E-state index contributed by atoms with van der Waals surface area (Å²) in [5.41, 5.74) is 0. The molecule has 236 valence electrons. The third-order valence-corrected chi connectivity index (χ3v) is 7.98. The number of hydrogen-bond acceptors (Lipinski definition) is 9. The van der Waals surface area contributed by atoms with Gasteiger partial charge in [-0.3, -0.25) is 19.3 Å². The molecular formula is C30H53N3O8. The summed E-state index contributed by atoms with van der Waals surface area (Å²) in [5, 5.41) is 0.